The van der Waals surface area contributed by atoms with E-state index < -0.39 is 7.12 Å². The van der Waals surface area contributed by atoms with E-state index in [9.17, 15) is 14.6 Å². The van der Waals surface area contributed by atoms with Crippen molar-refractivity contribution in [2.24, 2.45) is 0 Å². The van der Waals surface area contributed by atoms with Gasteiger partial charge in [0.15, 0.2) is 0 Å². The van der Waals surface area contributed by atoms with Crippen LogP contribution >= 0.6 is 0 Å². The molecule has 0 bridgehead atoms. The van der Waals surface area contributed by atoms with Crippen molar-refractivity contribution in [2.75, 3.05) is 0 Å². The first kappa shape index (κ1) is 19.4. The van der Waals surface area contributed by atoms with Gasteiger partial charge in [0.05, 0.1) is 0 Å². The lowest BCUT2D eigenvalue weighted by Crippen LogP contribution is -2.37. The summed E-state index contributed by atoms with van der Waals surface area (Å²) in [6, 6.07) is 9.45. The Kier molecular flexibility index (Phi) is 6.52. The lowest BCUT2D eigenvalue weighted by atomic mass is 9.64. The first-order valence-corrected chi connectivity index (χ1v) is 9.23. The summed E-state index contributed by atoms with van der Waals surface area (Å²) in [6.45, 7) is 1.51. The van der Waals surface area contributed by atoms with Crippen molar-refractivity contribution in [3.05, 3.63) is 36.2 Å². The van der Waals surface area contributed by atoms with Crippen molar-refractivity contribution in [3.8, 4) is 11.5 Å². The number of carbonyl (C=O) groups excluding carboxylic acids is 2. The molecule has 0 unspecified atom stereocenters. The molecule has 0 aliphatic carbocycles. The zero-order chi connectivity index (χ0) is 19.2. The second kappa shape index (κ2) is 9.06. The molecule has 7 nitrogen and oxygen atoms in total. The van der Waals surface area contributed by atoms with Crippen molar-refractivity contribution >= 4 is 18.7 Å². The quantitative estimate of drug-likeness (QED) is 0.713. The van der Waals surface area contributed by atoms with Crippen molar-refractivity contribution in [1.82, 2.24) is 10.2 Å². The van der Waals surface area contributed by atoms with Crippen LogP contribution in [0.25, 0.3) is 11.5 Å². The number of aryl methyl sites for hydroxylation is 1. The predicted octanol–water partition coefficient (Wildman–Crippen LogP) is 2.64. The fraction of sp³-hybridized carbons (Fsp3) is 0.474. The van der Waals surface area contributed by atoms with E-state index in [1.54, 1.807) is 0 Å². The molecule has 1 aromatic heterocycles. The molecule has 1 fully saturated rings. The van der Waals surface area contributed by atoms with Crippen molar-refractivity contribution < 1.29 is 23.7 Å². The van der Waals surface area contributed by atoms with Gasteiger partial charge in [-0.25, -0.2) is 0 Å². The lowest BCUT2D eigenvalue weighted by Gasteiger charge is -2.30. The fourth-order valence-corrected chi connectivity index (χ4v) is 3.29. The summed E-state index contributed by atoms with van der Waals surface area (Å²) in [7, 11) is -1.000. The van der Waals surface area contributed by atoms with Gasteiger partial charge in [-0.15, -0.1) is 10.2 Å². The van der Waals surface area contributed by atoms with Gasteiger partial charge in [-0.05, 0) is 31.9 Å². The second-order valence-corrected chi connectivity index (χ2v) is 7.00. The molecule has 2 aromatic rings. The molecule has 142 valence electrons. The average molecular weight is 370 g/mol. The summed E-state index contributed by atoms with van der Waals surface area (Å²) in [5.41, 5.74) is 0.838. The van der Waals surface area contributed by atoms with E-state index in [0.29, 0.717) is 37.5 Å². The van der Waals surface area contributed by atoms with E-state index in [1.165, 1.54) is 6.92 Å². The molecule has 0 spiro atoms. The minimum Gasteiger partial charge on any atom is -0.427 e. The summed E-state index contributed by atoms with van der Waals surface area (Å²) in [5, 5.41) is 18.1. The van der Waals surface area contributed by atoms with Crippen LogP contribution in [0, 0.1) is 0 Å². The molecule has 2 heterocycles. The van der Waals surface area contributed by atoms with Gasteiger partial charge in [-0.2, -0.15) is 0 Å². The molecule has 1 aliphatic heterocycles. The maximum Gasteiger partial charge on any atom is 0.458 e. The third-order valence-electron chi connectivity index (χ3n) is 4.70. The van der Waals surface area contributed by atoms with Gasteiger partial charge in [0.25, 0.3) is 0 Å². The molecule has 0 radical (unpaired) electrons. The summed E-state index contributed by atoms with van der Waals surface area (Å²) in [6.07, 6.45) is 2.29. The van der Waals surface area contributed by atoms with Crippen molar-refractivity contribution in [1.29, 1.82) is 0 Å². The highest BCUT2D eigenvalue weighted by Crippen LogP contribution is 2.31. The van der Waals surface area contributed by atoms with Crippen LogP contribution < -0.4 is 0 Å². The summed E-state index contributed by atoms with van der Waals surface area (Å²) in [5.74, 6) is 0.682. The van der Waals surface area contributed by atoms with E-state index in [0.717, 1.165) is 5.56 Å². The third-order valence-corrected chi connectivity index (χ3v) is 4.70. The normalized spacial score (nSPS) is 19.9. The van der Waals surface area contributed by atoms with Gasteiger partial charge in [0.2, 0.25) is 11.8 Å². The summed E-state index contributed by atoms with van der Waals surface area (Å²) >= 11 is 0. The van der Waals surface area contributed by atoms with Crippen LogP contribution in [0.2, 0.25) is 5.82 Å². The van der Waals surface area contributed by atoms with Crippen molar-refractivity contribution in [3.63, 3.8) is 0 Å². The first-order valence-electron chi connectivity index (χ1n) is 9.23. The Morgan fingerprint density at radius 2 is 1.96 bits per heavy atom. The number of Topliss-reactive ketones (excluding diaryl/α,β-unsaturated/α-hetero) is 2. The Bertz CT molecular complexity index is 779. The Morgan fingerprint density at radius 1 is 1.19 bits per heavy atom. The molecule has 2 atom stereocenters. The minimum atomic E-state index is -1.000. The highest BCUT2D eigenvalue weighted by molar-refractivity contribution is 6.45. The monoisotopic (exact) mass is 370 g/mol. The van der Waals surface area contributed by atoms with Gasteiger partial charge in [0, 0.05) is 43.2 Å². The van der Waals surface area contributed by atoms with Gasteiger partial charge < -0.3 is 14.1 Å². The van der Waals surface area contributed by atoms with Crippen LogP contribution in [-0.4, -0.2) is 40.0 Å². The number of hydrogen-bond acceptors (Lipinski definition) is 7. The molecule has 8 heteroatoms. The molecule has 27 heavy (non-hydrogen) atoms. The molecule has 0 amide bonds. The molecule has 1 saturated heterocycles. The largest absolute Gasteiger partial charge is 0.458 e. The first-order chi connectivity index (χ1) is 13.0. The highest BCUT2D eigenvalue weighted by Gasteiger charge is 2.36. The molecule has 1 N–H and O–H groups in total. The molecular formula is C19H23BN2O5. The second-order valence-electron chi connectivity index (χ2n) is 7.00. The standard InChI is InChI=1S/C19H23BN2O5/c1-13(23)11-17-9-7-15(20(25)27-17)12-16(24)8-10-18-21-22-19(26-18)14-5-3-2-4-6-14/h2-6,15,17,25H,7-12H2,1H3/t15-,17+/m1/s1. The molecular weight excluding hydrogens is 347 g/mol. The predicted molar refractivity (Wildman–Crippen MR) is 98.8 cm³/mol. The van der Waals surface area contributed by atoms with Gasteiger partial charge >= 0.3 is 7.12 Å². The number of carbonyl (C=O) groups is 2. The average Bonchev–Trinajstić information content (AvgIpc) is 3.12. The van der Waals surface area contributed by atoms with Crippen LogP contribution in [0.3, 0.4) is 0 Å². The van der Waals surface area contributed by atoms with Crippen LogP contribution in [0.1, 0.15) is 44.9 Å². The number of ketones is 2. The minimum absolute atomic E-state index is 0.0205. The smallest absolute Gasteiger partial charge is 0.427 e. The van der Waals surface area contributed by atoms with E-state index in [-0.39, 0.29) is 36.3 Å². The lowest BCUT2D eigenvalue weighted by molar-refractivity contribution is -0.121. The zero-order valence-electron chi connectivity index (χ0n) is 15.3. The van der Waals surface area contributed by atoms with E-state index in [2.05, 4.69) is 10.2 Å². The van der Waals surface area contributed by atoms with Crippen LogP contribution in [0.15, 0.2) is 34.7 Å². The SMILES string of the molecule is CC(=O)C[C@@H]1CC[C@H](CC(=O)CCc2nnc(-c3ccccc3)o2)B(O)O1. The summed E-state index contributed by atoms with van der Waals surface area (Å²) in [4.78, 5) is 23.4. The van der Waals surface area contributed by atoms with Gasteiger partial charge in [0.1, 0.15) is 11.6 Å². The fourth-order valence-electron chi connectivity index (χ4n) is 3.29. The Hall–Kier alpha value is -2.32. The Balaban J connectivity index is 1.45. The zero-order valence-corrected chi connectivity index (χ0v) is 15.3. The maximum absolute atomic E-state index is 12.3. The van der Waals surface area contributed by atoms with Crippen molar-refractivity contribution in [2.45, 2.75) is 57.4 Å². The van der Waals surface area contributed by atoms with Crippen LogP contribution in [0.4, 0.5) is 0 Å². The van der Waals surface area contributed by atoms with Crippen LogP contribution in [0.5, 0.6) is 0 Å². The summed E-state index contributed by atoms with van der Waals surface area (Å²) < 4.78 is 11.1. The molecule has 0 saturated carbocycles. The molecule has 1 aliphatic rings. The topological polar surface area (TPSA) is 103 Å². The number of aromatic nitrogens is 2. The third kappa shape index (κ3) is 5.58. The highest BCUT2D eigenvalue weighted by atomic mass is 16.5. The Morgan fingerprint density at radius 3 is 2.67 bits per heavy atom. The Labute approximate surface area is 158 Å². The van der Waals surface area contributed by atoms with Gasteiger partial charge in [-0.3, -0.25) is 9.59 Å². The number of hydrogen-bond donors (Lipinski definition) is 1. The van der Waals surface area contributed by atoms with E-state index >= 15 is 0 Å². The number of rotatable bonds is 8. The van der Waals surface area contributed by atoms with E-state index in [1.807, 2.05) is 30.3 Å². The van der Waals surface area contributed by atoms with Gasteiger partial charge in [-0.1, -0.05) is 18.2 Å². The molecule has 3 rings (SSSR count). The number of benzene rings is 1. The molecule has 1 aromatic carbocycles. The van der Waals surface area contributed by atoms with Crippen LogP contribution in [-0.2, 0) is 20.7 Å². The maximum atomic E-state index is 12.3. The number of nitrogens with zero attached hydrogens (tertiary/aromatic N) is 2. The van der Waals surface area contributed by atoms with E-state index in [4.69, 9.17) is 9.07 Å².